The van der Waals surface area contributed by atoms with Crippen LogP contribution in [0.4, 0.5) is 0 Å². The van der Waals surface area contributed by atoms with Gasteiger partial charge in [0.2, 0.25) is 0 Å². The summed E-state index contributed by atoms with van der Waals surface area (Å²) in [6, 6.07) is 3.88. The fourth-order valence-corrected chi connectivity index (χ4v) is 4.19. The fraction of sp³-hybridized carbons (Fsp3) is 0.231. The fourth-order valence-electron chi connectivity index (χ4n) is 1.79. The smallest absolute Gasteiger partial charge is 0.253 e. The Balaban J connectivity index is 2.24. The molecule has 2 aromatic rings. The number of rotatable bonds is 4. The van der Waals surface area contributed by atoms with E-state index in [-0.39, 0.29) is 11.9 Å². The molecule has 2 N–H and O–H groups in total. The lowest BCUT2D eigenvalue weighted by Crippen LogP contribution is -2.29. The van der Waals surface area contributed by atoms with Crippen molar-refractivity contribution in [2.45, 2.75) is 19.4 Å². The second kappa shape index (κ2) is 7.38. The van der Waals surface area contributed by atoms with Gasteiger partial charge in [0.1, 0.15) is 5.82 Å². The number of carbonyl (C=O) groups excluding carboxylic acids is 1. The molecule has 1 unspecified atom stereocenters. The van der Waals surface area contributed by atoms with Crippen LogP contribution >= 0.6 is 67.8 Å². The van der Waals surface area contributed by atoms with Crippen molar-refractivity contribution in [3.8, 4) is 0 Å². The van der Waals surface area contributed by atoms with E-state index in [1.807, 2.05) is 13.0 Å². The molecule has 0 aliphatic heterocycles. The number of halogens is 3. The molecular formula is C13H12I3N3O. The molecule has 7 heteroatoms. The van der Waals surface area contributed by atoms with Gasteiger partial charge in [-0.25, -0.2) is 4.98 Å². The van der Waals surface area contributed by atoms with E-state index in [1.165, 1.54) is 0 Å². The summed E-state index contributed by atoms with van der Waals surface area (Å²) in [6.45, 7) is 2.02. The third-order valence-corrected chi connectivity index (χ3v) is 6.47. The van der Waals surface area contributed by atoms with Crippen LogP contribution in [0.25, 0.3) is 0 Å². The van der Waals surface area contributed by atoms with Crippen LogP contribution in [0.1, 0.15) is 35.6 Å². The molecule has 0 saturated carbocycles. The second-order valence-electron chi connectivity index (χ2n) is 4.16. The van der Waals surface area contributed by atoms with Crippen LogP contribution in [0.2, 0.25) is 0 Å². The number of nitrogens with zero attached hydrogens (tertiary/aromatic N) is 1. The maximum Gasteiger partial charge on any atom is 0.253 e. The highest BCUT2D eigenvalue weighted by Crippen LogP contribution is 2.23. The minimum absolute atomic E-state index is 0.0610. The van der Waals surface area contributed by atoms with Crippen molar-refractivity contribution in [1.29, 1.82) is 0 Å². The van der Waals surface area contributed by atoms with Gasteiger partial charge in [-0.1, -0.05) is 6.92 Å². The Morgan fingerprint density at radius 3 is 2.75 bits per heavy atom. The molecule has 0 fully saturated rings. The van der Waals surface area contributed by atoms with Crippen molar-refractivity contribution in [2.75, 3.05) is 0 Å². The highest BCUT2D eigenvalue weighted by atomic mass is 127. The first-order valence-corrected chi connectivity index (χ1v) is 9.21. The van der Waals surface area contributed by atoms with Gasteiger partial charge < -0.3 is 10.3 Å². The lowest BCUT2D eigenvalue weighted by atomic mass is 10.1. The van der Waals surface area contributed by atoms with E-state index in [0.717, 1.165) is 23.0 Å². The SMILES string of the molecule is CCC(NC(=O)c1cc(I)cc(I)c1I)c1ncc[nH]1. The molecule has 1 heterocycles. The summed E-state index contributed by atoms with van der Waals surface area (Å²) >= 11 is 6.69. The van der Waals surface area contributed by atoms with Gasteiger partial charge in [-0.2, -0.15) is 0 Å². The number of nitrogens with one attached hydrogen (secondary N) is 2. The van der Waals surface area contributed by atoms with Gasteiger partial charge in [0.25, 0.3) is 5.91 Å². The van der Waals surface area contributed by atoms with Gasteiger partial charge in [0.15, 0.2) is 0 Å². The van der Waals surface area contributed by atoms with E-state index in [0.29, 0.717) is 5.56 Å². The number of aromatic nitrogens is 2. The summed E-state index contributed by atoms with van der Waals surface area (Å²) in [6.07, 6.45) is 4.25. The average Bonchev–Trinajstić information content (AvgIpc) is 2.93. The van der Waals surface area contributed by atoms with Crippen LogP contribution in [0.3, 0.4) is 0 Å². The zero-order valence-corrected chi connectivity index (χ0v) is 17.1. The number of hydrogen-bond acceptors (Lipinski definition) is 2. The Kier molecular flexibility index (Phi) is 6.08. The predicted octanol–water partition coefficient (Wildman–Crippen LogP) is 4.10. The van der Waals surface area contributed by atoms with E-state index in [9.17, 15) is 4.79 Å². The predicted molar refractivity (Wildman–Crippen MR) is 104 cm³/mol. The molecule has 0 aliphatic rings. The highest BCUT2D eigenvalue weighted by molar-refractivity contribution is 14.1. The molecule has 1 atom stereocenters. The van der Waals surface area contributed by atoms with Crippen molar-refractivity contribution >= 4 is 73.7 Å². The number of benzene rings is 1. The number of hydrogen-bond donors (Lipinski definition) is 2. The Bertz CT molecular complexity index is 614. The zero-order valence-electron chi connectivity index (χ0n) is 10.6. The van der Waals surface area contributed by atoms with E-state index in [1.54, 1.807) is 12.4 Å². The first kappa shape index (κ1) is 16.5. The van der Waals surface area contributed by atoms with E-state index >= 15 is 0 Å². The summed E-state index contributed by atoms with van der Waals surface area (Å²) in [5.74, 6) is 0.727. The number of aromatic amines is 1. The third kappa shape index (κ3) is 3.84. The van der Waals surface area contributed by atoms with Crippen LogP contribution in [0, 0.1) is 10.7 Å². The highest BCUT2D eigenvalue weighted by Gasteiger charge is 2.19. The zero-order chi connectivity index (χ0) is 14.7. The minimum Gasteiger partial charge on any atom is -0.347 e. The Morgan fingerprint density at radius 1 is 1.40 bits per heavy atom. The topological polar surface area (TPSA) is 57.8 Å². The van der Waals surface area contributed by atoms with Crippen LogP contribution in [0.15, 0.2) is 24.5 Å². The number of H-pyrrole nitrogens is 1. The number of imidazole rings is 1. The van der Waals surface area contributed by atoms with Crippen molar-refractivity contribution < 1.29 is 4.79 Å². The quantitative estimate of drug-likeness (QED) is 0.407. The van der Waals surface area contributed by atoms with Gasteiger partial charge in [-0.05, 0) is 86.3 Å². The van der Waals surface area contributed by atoms with Crippen molar-refractivity contribution in [2.24, 2.45) is 0 Å². The summed E-state index contributed by atoms with van der Waals surface area (Å²) in [5.41, 5.74) is 0.715. The van der Waals surface area contributed by atoms with Gasteiger partial charge in [-0.15, -0.1) is 0 Å². The van der Waals surface area contributed by atoms with Gasteiger partial charge in [0, 0.05) is 23.1 Å². The van der Waals surface area contributed by atoms with Crippen LogP contribution in [0.5, 0.6) is 0 Å². The normalized spacial score (nSPS) is 12.2. The van der Waals surface area contributed by atoms with Crippen LogP contribution in [-0.2, 0) is 0 Å². The molecule has 0 radical (unpaired) electrons. The van der Waals surface area contributed by atoms with Gasteiger partial charge >= 0.3 is 0 Å². The molecule has 1 aromatic heterocycles. The maximum atomic E-state index is 12.5. The molecule has 1 aromatic carbocycles. The monoisotopic (exact) mass is 607 g/mol. The van der Waals surface area contributed by atoms with E-state index < -0.39 is 0 Å². The van der Waals surface area contributed by atoms with Crippen molar-refractivity contribution in [3.05, 3.63) is 46.6 Å². The van der Waals surface area contributed by atoms with Gasteiger partial charge in [-0.3, -0.25) is 4.79 Å². The molecule has 20 heavy (non-hydrogen) atoms. The maximum absolute atomic E-state index is 12.5. The largest absolute Gasteiger partial charge is 0.347 e. The summed E-state index contributed by atoms with van der Waals surface area (Å²) < 4.78 is 3.13. The molecule has 0 aliphatic carbocycles. The molecule has 0 bridgehead atoms. The molecule has 4 nitrogen and oxygen atoms in total. The summed E-state index contributed by atoms with van der Waals surface area (Å²) in [4.78, 5) is 19.7. The second-order valence-corrected chi connectivity index (χ2v) is 7.64. The lowest BCUT2D eigenvalue weighted by molar-refractivity contribution is 0.0933. The average molecular weight is 607 g/mol. The molecule has 2 rings (SSSR count). The Morgan fingerprint density at radius 2 is 2.15 bits per heavy atom. The first-order chi connectivity index (χ1) is 9.52. The number of carbonyl (C=O) groups is 1. The molecular weight excluding hydrogens is 595 g/mol. The van der Waals surface area contributed by atoms with E-state index in [4.69, 9.17) is 0 Å². The Labute approximate surface area is 158 Å². The molecule has 106 valence electrons. The van der Waals surface area contributed by atoms with E-state index in [2.05, 4.69) is 89.1 Å². The minimum atomic E-state index is -0.0937. The number of amides is 1. The molecule has 1 amide bonds. The van der Waals surface area contributed by atoms with Crippen molar-refractivity contribution in [3.63, 3.8) is 0 Å². The Hall–Kier alpha value is 0.0900. The summed E-state index contributed by atoms with van der Waals surface area (Å²) in [5, 5.41) is 3.04. The molecule has 0 spiro atoms. The van der Waals surface area contributed by atoms with Crippen molar-refractivity contribution in [1.82, 2.24) is 15.3 Å². The van der Waals surface area contributed by atoms with Crippen LogP contribution < -0.4 is 5.32 Å². The summed E-state index contributed by atoms with van der Waals surface area (Å²) in [7, 11) is 0. The van der Waals surface area contributed by atoms with Gasteiger partial charge in [0.05, 0.1) is 11.6 Å². The standard InChI is InChI=1S/C13H12I3N3O/c1-2-10(12-17-3-4-18-12)19-13(20)8-5-7(14)6-9(15)11(8)16/h3-6,10H,2H2,1H3,(H,17,18)(H,19,20). The third-order valence-electron chi connectivity index (χ3n) is 2.80. The lowest BCUT2D eigenvalue weighted by Gasteiger charge is -2.16. The molecule has 0 saturated heterocycles. The first-order valence-electron chi connectivity index (χ1n) is 5.97. The van der Waals surface area contributed by atoms with Crippen LogP contribution in [-0.4, -0.2) is 15.9 Å².